The number of hydrogen-bond acceptors (Lipinski definition) is 5. The monoisotopic (exact) mass is 382 g/mol. The van der Waals surface area contributed by atoms with Crippen LogP contribution in [0.15, 0.2) is 54.9 Å². The Morgan fingerprint density at radius 2 is 2.07 bits per heavy atom. The minimum Gasteiger partial charge on any atom is -0.328 e. The molecule has 2 aromatic heterocycles. The van der Waals surface area contributed by atoms with E-state index in [2.05, 4.69) is 20.6 Å². The highest BCUT2D eigenvalue weighted by Crippen LogP contribution is 2.29. The highest BCUT2D eigenvalue weighted by Gasteiger charge is 2.31. The number of benzene rings is 1. The van der Waals surface area contributed by atoms with Gasteiger partial charge in [-0.15, -0.1) is 5.10 Å². The maximum Gasteiger partial charge on any atom is 0.276 e. The average Bonchev–Trinajstić information content (AvgIpc) is 3.17. The third-order valence-electron chi connectivity index (χ3n) is 4.58. The van der Waals surface area contributed by atoms with Gasteiger partial charge in [-0.2, -0.15) is 0 Å². The van der Waals surface area contributed by atoms with E-state index in [1.165, 1.54) is 0 Å². The van der Waals surface area contributed by atoms with E-state index in [1.807, 2.05) is 47.4 Å². The van der Waals surface area contributed by atoms with E-state index >= 15 is 0 Å². The van der Waals surface area contributed by atoms with E-state index in [0.29, 0.717) is 30.4 Å². The topological polar surface area (TPSA) is 75.9 Å². The van der Waals surface area contributed by atoms with Gasteiger partial charge in [0, 0.05) is 30.9 Å². The second-order valence-electron chi connectivity index (χ2n) is 6.36. The molecule has 0 bridgehead atoms. The van der Waals surface area contributed by atoms with Crippen LogP contribution in [0.5, 0.6) is 0 Å². The lowest BCUT2D eigenvalue weighted by atomic mass is 10.0. The minimum atomic E-state index is -0.145. The summed E-state index contributed by atoms with van der Waals surface area (Å²) in [6.45, 7) is 2.44. The second kappa shape index (κ2) is 7.85. The molecule has 1 unspecified atom stereocenters. The molecule has 1 N–H and O–H groups in total. The van der Waals surface area contributed by atoms with Crippen LogP contribution in [0.1, 0.15) is 27.8 Å². The predicted molar refractivity (Wildman–Crippen MR) is 101 cm³/mol. The van der Waals surface area contributed by atoms with Crippen molar-refractivity contribution >= 4 is 17.5 Å². The average molecular weight is 383 g/mol. The Labute approximate surface area is 162 Å². The van der Waals surface area contributed by atoms with Crippen molar-refractivity contribution in [2.75, 3.05) is 19.6 Å². The number of rotatable bonds is 4. The minimum absolute atomic E-state index is 0.138. The highest BCUT2D eigenvalue weighted by atomic mass is 35.5. The van der Waals surface area contributed by atoms with E-state index in [4.69, 9.17) is 11.6 Å². The van der Waals surface area contributed by atoms with Crippen LogP contribution >= 0.6 is 11.6 Å². The van der Waals surface area contributed by atoms with Crippen molar-refractivity contribution in [3.63, 3.8) is 0 Å². The van der Waals surface area contributed by atoms with Crippen molar-refractivity contribution in [1.29, 1.82) is 0 Å². The molecule has 1 aromatic carbocycles. The van der Waals surface area contributed by atoms with Gasteiger partial charge in [-0.3, -0.25) is 9.78 Å². The number of nitrogens with one attached hydrogen (secondary N) is 1. The summed E-state index contributed by atoms with van der Waals surface area (Å²) in [5.41, 5.74) is 2.11. The van der Waals surface area contributed by atoms with E-state index in [9.17, 15) is 4.79 Å². The number of carbonyl (C=O) groups is 1. The smallest absolute Gasteiger partial charge is 0.276 e. The standard InChI is InChI=1S/C19H19ClN6O/c20-16-7-2-1-6-15(16)18-11-21-9-10-26(18)19(27)17-13-25(24-23-17)12-14-5-3-4-8-22-14/h1-8,13,18,21H,9-12H2. The number of pyridine rings is 1. The molecule has 0 saturated carbocycles. The first kappa shape index (κ1) is 17.6. The van der Waals surface area contributed by atoms with Gasteiger partial charge < -0.3 is 10.2 Å². The molecule has 0 spiro atoms. The first-order valence-electron chi connectivity index (χ1n) is 8.78. The lowest BCUT2D eigenvalue weighted by Gasteiger charge is -2.36. The number of amides is 1. The Kier molecular flexibility index (Phi) is 5.13. The Bertz CT molecular complexity index is 929. The van der Waals surface area contributed by atoms with Crippen LogP contribution in [0, 0.1) is 0 Å². The highest BCUT2D eigenvalue weighted by molar-refractivity contribution is 6.31. The third kappa shape index (κ3) is 3.84. The van der Waals surface area contributed by atoms with E-state index in [-0.39, 0.29) is 11.9 Å². The fourth-order valence-corrected chi connectivity index (χ4v) is 3.51. The van der Waals surface area contributed by atoms with Gasteiger partial charge in [0.2, 0.25) is 0 Å². The van der Waals surface area contributed by atoms with Crippen molar-refractivity contribution in [2.24, 2.45) is 0 Å². The van der Waals surface area contributed by atoms with Gasteiger partial charge in [-0.05, 0) is 23.8 Å². The number of piperazine rings is 1. The Balaban J connectivity index is 1.55. The molecule has 0 aliphatic carbocycles. The molecule has 1 fully saturated rings. The van der Waals surface area contributed by atoms with E-state index in [0.717, 1.165) is 17.8 Å². The SMILES string of the molecule is O=C(c1cn(Cc2ccccn2)nn1)N1CCNCC1c1ccccc1Cl. The number of hydrogen-bond donors (Lipinski definition) is 1. The quantitative estimate of drug-likeness (QED) is 0.748. The summed E-state index contributed by atoms with van der Waals surface area (Å²) in [6.07, 6.45) is 3.40. The van der Waals surface area contributed by atoms with Crippen molar-refractivity contribution in [3.05, 3.63) is 76.8 Å². The molecular weight excluding hydrogens is 364 g/mol. The molecule has 7 nitrogen and oxygen atoms in total. The van der Waals surface area contributed by atoms with Crippen LogP contribution in [-0.4, -0.2) is 50.4 Å². The Morgan fingerprint density at radius 3 is 2.89 bits per heavy atom. The first-order valence-corrected chi connectivity index (χ1v) is 9.16. The zero-order valence-electron chi connectivity index (χ0n) is 14.6. The molecule has 8 heteroatoms. The molecule has 1 saturated heterocycles. The summed E-state index contributed by atoms with van der Waals surface area (Å²) in [7, 11) is 0. The molecule has 4 rings (SSSR count). The maximum absolute atomic E-state index is 13.1. The maximum atomic E-state index is 13.1. The van der Waals surface area contributed by atoms with E-state index < -0.39 is 0 Å². The molecule has 1 amide bonds. The second-order valence-corrected chi connectivity index (χ2v) is 6.77. The summed E-state index contributed by atoms with van der Waals surface area (Å²) < 4.78 is 1.63. The summed E-state index contributed by atoms with van der Waals surface area (Å²) in [5.74, 6) is -0.145. The van der Waals surface area contributed by atoms with Gasteiger partial charge in [0.1, 0.15) is 0 Å². The van der Waals surface area contributed by atoms with Crippen molar-refractivity contribution < 1.29 is 4.79 Å². The molecular formula is C19H19ClN6O. The molecule has 1 aliphatic heterocycles. The van der Waals surface area contributed by atoms with Crippen molar-refractivity contribution in [1.82, 2.24) is 30.2 Å². The molecule has 1 atom stereocenters. The van der Waals surface area contributed by atoms with Gasteiger partial charge in [0.25, 0.3) is 5.91 Å². The fourth-order valence-electron chi connectivity index (χ4n) is 3.25. The lowest BCUT2D eigenvalue weighted by Crippen LogP contribution is -2.48. The van der Waals surface area contributed by atoms with E-state index in [1.54, 1.807) is 17.1 Å². The van der Waals surface area contributed by atoms with Crippen LogP contribution in [-0.2, 0) is 6.54 Å². The van der Waals surface area contributed by atoms with Crippen molar-refractivity contribution in [2.45, 2.75) is 12.6 Å². The normalized spacial score (nSPS) is 17.1. The van der Waals surface area contributed by atoms with Crippen molar-refractivity contribution in [3.8, 4) is 0 Å². The first-order chi connectivity index (χ1) is 13.2. The van der Waals surface area contributed by atoms with Gasteiger partial charge in [0.15, 0.2) is 5.69 Å². The molecule has 3 heterocycles. The fraction of sp³-hybridized carbons (Fsp3) is 0.263. The van der Waals surface area contributed by atoms with Gasteiger partial charge in [-0.1, -0.05) is 41.1 Å². The summed E-state index contributed by atoms with van der Waals surface area (Å²) in [6, 6.07) is 13.2. The van der Waals surface area contributed by atoms with Gasteiger partial charge >= 0.3 is 0 Å². The van der Waals surface area contributed by atoms with Crippen LogP contribution in [0.2, 0.25) is 5.02 Å². The molecule has 138 valence electrons. The Hall–Kier alpha value is -2.77. The largest absolute Gasteiger partial charge is 0.328 e. The summed E-state index contributed by atoms with van der Waals surface area (Å²) in [4.78, 5) is 19.2. The zero-order valence-corrected chi connectivity index (χ0v) is 15.4. The molecule has 1 aliphatic rings. The van der Waals surface area contributed by atoms with Gasteiger partial charge in [-0.25, -0.2) is 4.68 Å². The predicted octanol–water partition coefficient (Wildman–Crippen LogP) is 2.16. The number of nitrogens with zero attached hydrogens (tertiary/aromatic N) is 5. The van der Waals surface area contributed by atoms with Crippen LogP contribution in [0.25, 0.3) is 0 Å². The number of halogens is 1. The molecule has 0 radical (unpaired) electrons. The Morgan fingerprint density at radius 1 is 1.22 bits per heavy atom. The zero-order chi connectivity index (χ0) is 18.6. The lowest BCUT2D eigenvalue weighted by molar-refractivity contribution is 0.0628. The molecule has 27 heavy (non-hydrogen) atoms. The van der Waals surface area contributed by atoms with Crippen LogP contribution in [0.4, 0.5) is 0 Å². The van der Waals surface area contributed by atoms with Crippen LogP contribution < -0.4 is 5.32 Å². The number of aromatic nitrogens is 4. The summed E-state index contributed by atoms with van der Waals surface area (Å²) in [5, 5.41) is 12.1. The molecule has 3 aromatic rings. The van der Waals surface area contributed by atoms with Gasteiger partial charge in [0.05, 0.1) is 24.5 Å². The third-order valence-corrected chi connectivity index (χ3v) is 4.92. The van der Waals surface area contributed by atoms with Crippen LogP contribution in [0.3, 0.4) is 0 Å². The summed E-state index contributed by atoms with van der Waals surface area (Å²) >= 11 is 6.36. The number of carbonyl (C=O) groups excluding carboxylic acids is 1.